The minimum absolute atomic E-state index is 0.0910. The molecule has 14 rings (SSSR count). The molecule has 0 fully saturated rings. The van der Waals surface area contributed by atoms with Crippen molar-refractivity contribution in [3.05, 3.63) is 295 Å². The molecule has 0 spiro atoms. The first kappa shape index (κ1) is 60.1. The summed E-state index contributed by atoms with van der Waals surface area (Å²) in [6.07, 6.45) is 0. The van der Waals surface area contributed by atoms with Crippen LogP contribution in [0.2, 0.25) is 0 Å². The first-order chi connectivity index (χ1) is 44.1. The topological polar surface area (TPSA) is 48.5 Å². The van der Waals surface area contributed by atoms with Gasteiger partial charge in [0.15, 0.2) is 22.0 Å². The fourth-order valence-corrected chi connectivity index (χ4v) is 24.1. The molecule has 0 aliphatic heterocycles. The molecule has 92 heavy (non-hydrogen) atoms. The maximum absolute atomic E-state index is 5.99. The Morgan fingerprint density at radius 2 is 0.467 bits per heavy atom. The minimum atomic E-state index is -3.30. The van der Waals surface area contributed by atoms with Gasteiger partial charge in [0.1, 0.15) is 0 Å². The Morgan fingerprint density at radius 3 is 0.685 bits per heavy atom. The van der Waals surface area contributed by atoms with E-state index >= 15 is 0 Å². The van der Waals surface area contributed by atoms with E-state index in [1.54, 1.807) is 0 Å². The lowest BCUT2D eigenvalue weighted by Gasteiger charge is -2.38. The smallest absolute Gasteiger partial charge is 0.240 e. The van der Waals surface area contributed by atoms with Crippen molar-refractivity contribution >= 4 is 101 Å². The number of hydrogen-bond acceptors (Lipinski definition) is 3. The number of nitrogens with zero attached hydrogens (tertiary/aromatic N) is 5. The molecule has 0 aliphatic carbocycles. The van der Waals surface area contributed by atoms with Crippen LogP contribution in [0.3, 0.4) is 0 Å². The van der Waals surface area contributed by atoms with Crippen LogP contribution in [0.5, 0.6) is 0 Å². The Hall–Kier alpha value is -9.54. The molecule has 0 radical (unpaired) electrons. The van der Waals surface area contributed by atoms with Gasteiger partial charge in [0.05, 0.1) is 22.1 Å². The van der Waals surface area contributed by atoms with Crippen molar-refractivity contribution in [2.24, 2.45) is 0 Å². The van der Waals surface area contributed by atoms with Crippen molar-refractivity contribution in [3.63, 3.8) is 0 Å². The minimum Gasteiger partial charge on any atom is -0.278 e. The van der Waals surface area contributed by atoms with E-state index in [4.69, 9.17) is 15.0 Å². The zero-order valence-corrected chi connectivity index (χ0v) is 57.2. The average molecular weight is 1230 g/mol. The summed E-state index contributed by atoms with van der Waals surface area (Å²) in [5, 5.41) is 14.9. The van der Waals surface area contributed by atoms with Crippen LogP contribution in [0.4, 0.5) is 0 Å². The second-order valence-electron chi connectivity index (χ2n) is 29.4. The lowest BCUT2D eigenvalue weighted by Crippen LogP contribution is -2.78. The van der Waals surface area contributed by atoms with E-state index in [0.29, 0.717) is 17.7 Å². The van der Waals surface area contributed by atoms with Crippen molar-refractivity contribution in [1.82, 2.24) is 24.1 Å². The van der Waals surface area contributed by atoms with Gasteiger partial charge in [0.25, 0.3) is 0 Å². The monoisotopic (exact) mass is 1230 g/mol. The summed E-state index contributed by atoms with van der Waals surface area (Å²) in [5.41, 5.74) is 9.78. The quantitative estimate of drug-likeness (QED) is 0.0958. The van der Waals surface area contributed by atoms with Crippen molar-refractivity contribution in [1.29, 1.82) is 0 Å². The molecule has 0 saturated carbocycles. The van der Waals surface area contributed by atoms with Crippen LogP contribution in [0.1, 0.15) is 105 Å². The van der Waals surface area contributed by atoms with E-state index in [1.165, 1.54) is 85.3 Å². The number of benzene rings is 11. The van der Waals surface area contributed by atoms with Gasteiger partial charge in [-0.3, -0.25) is 9.13 Å². The highest BCUT2D eigenvalue weighted by atomic mass is 28.3. The highest BCUT2D eigenvalue weighted by Crippen LogP contribution is 2.40. The molecule has 3 aromatic heterocycles. The van der Waals surface area contributed by atoms with Crippen LogP contribution >= 0.6 is 0 Å². The largest absolute Gasteiger partial charge is 0.278 e. The molecule has 0 atom stereocenters. The molecule has 0 unspecified atom stereocenters. The van der Waals surface area contributed by atoms with E-state index < -0.39 is 16.1 Å². The van der Waals surface area contributed by atoms with Gasteiger partial charge >= 0.3 is 0 Å². The number of hydrogen-bond donors (Lipinski definition) is 0. The third kappa shape index (κ3) is 10.3. The Labute approximate surface area is 545 Å². The first-order valence-electron chi connectivity index (χ1n) is 32.6. The summed E-state index contributed by atoms with van der Waals surface area (Å²) in [6, 6.07) is 104. The highest BCUT2D eigenvalue weighted by Gasteiger charge is 2.46. The number of aromatic nitrogens is 5. The van der Waals surface area contributed by atoms with Gasteiger partial charge in [-0.1, -0.05) is 308 Å². The van der Waals surface area contributed by atoms with Crippen molar-refractivity contribution in [2.45, 2.75) is 105 Å². The Kier molecular flexibility index (Phi) is 14.8. The summed E-state index contributed by atoms with van der Waals surface area (Å²) in [5.74, 6) is 1.68. The maximum Gasteiger partial charge on any atom is 0.240 e. The fraction of sp³-hybridized carbons (Fsp3) is 0.188. The fourth-order valence-electron chi connectivity index (χ4n) is 14.3. The molecule has 0 bridgehead atoms. The predicted molar refractivity (Wildman–Crippen MR) is 396 cm³/mol. The van der Waals surface area contributed by atoms with Crippen molar-refractivity contribution in [2.75, 3.05) is 0 Å². The van der Waals surface area contributed by atoms with Gasteiger partial charge in [-0.15, -0.1) is 0 Å². The second kappa shape index (κ2) is 22.7. The SMILES string of the molecule is CC(C)(C)c1ccc2c(c1)c1cc(C(C)(C)C)ccc1n2-c1nc(-c2cc([Si](c3ccccc3)(c3ccccc3)c3ccccc3)cc([Si](c3ccccc3)(c3ccccc3)c3ccccc3)c2)nc(-n2c3ccc(C(C)(C)C)cc3c3cc(C(C)(C)C)ccc32)n1. The first-order valence-corrected chi connectivity index (χ1v) is 36.6. The lowest BCUT2D eigenvalue weighted by molar-refractivity contribution is 0.590. The van der Waals surface area contributed by atoms with Gasteiger partial charge in [0, 0.05) is 27.1 Å². The van der Waals surface area contributed by atoms with Crippen molar-refractivity contribution in [3.8, 4) is 23.3 Å². The summed E-state index contributed by atoms with van der Waals surface area (Å²) in [7, 11) is -6.60. The Morgan fingerprint density at radius 1 is 0.239 bits per heavy atom. The summed E-state index contributed by atoms with van der Waals surface area (Å²) < 4.78 is 4.64. The van der Waals surface area contributed by atoms with Crippen LogP contribution in [-0.2, 0) is 21.7 Å². The van der Waals surface area contributed by atoms with Crippen molar-refractivity contribution < 1.29 is 0 Å². The van der Waals surface area contributed by atoms with E-state index in [1.807, 2.05) is 0 Å². The number of rotatable bonds is 11. The van der Waals surface area contributed by atoms with Crippen LogP contribution in [0.25, 0.3) is 66.9 Å². The molecule has 0 amide bonds. The zero-order valence-electron chi connectivity index (χ0n) is 55.2. The molecule has 5 nitrogen and oxygen atoms in total. The van der Waals surface area contributed by atoms with Gasteiger partial charge in [-0.2, -0.15) is 15.0 Å². The van der Waals surface area contributed by atoms with E-state index in [-0.39, 0.29) is 21.7 Å². The van der Waals surface area contributed by atoms with Gasteiger partial charge in [0.2, 0.25) is 11.9 Å². The van der Waals surface area contributed by atoms with Gasteiger partial charge in [-0.05, 0) is 134 Å². The van der Waals surface area contributed by atoms with E-state index in [9.17, 15) is 0 Å². The average Bonchev–Trinajstić information content (AvgIpc) is 1.45. The Bertz CT molecular complexity index is 4400. The molecule has 3 heterocycles. The maximum atomic E-state index is 5.99. The van der Waals surface area contributed by atoms with E-state index in [0.717, 1.165) is 27.6 Å². The normalized spacial score (nSPS) is 12.8. The Balaban J connectivity index is 1.19. The summed E-state index contributed by atoms with van der Waals surface area (Å²) >= 11 is 0. The van der Waals surface area contributed by atoms with Gasteiger partial charge in [-0.25, -0.2) is 0 Å². The predicted octanol–water partition coefficient (Wildman–Crippen LogP) is 15.7. The van der Waals surface area contributed by atoms with E-state index in [2.05, 4.69) is 365 Å². The second-order valence-corrected chi connectivity index (χ2v) is 37.0. The zero-order chi connectivity index (χ0) is 64.0. The van der Waals surface area contributed by atoms with Crippen LogP contribution in [0, 0.1) is 0 Å². The molecule has 11 aromatic carbocycles. The molecule has 0 aliphatic rings. The molecule has 454 valence electrons. The van der Waals surface area contributed by atoms with Crippen LogP contribution in [0.15, 0.2) is 273 Å². The molecule has 0 saturated heterocycles. The number of fused-ring (bicyclic) bond motifs is 6. The molecule has 14 aromatic rings. The summed E-state index contributed by atoms with van der Waals surface area (Å²) in [6.45, 7) is 27.6. The molecular formula is C85H81N5Si2. The third-order valence-corrected chi connectivity index (χ3v) is 28.8. The third-order valence-electron chi connectivity index (χ3n) is 19.3. The summed E-state index contributed by atoms with van der Waals surface area (Å²) in [4.78, 5) is 17.9. The molecule has 7 heteroatoms. The van der Waals surface area contributed by atoms with Gasteiger partial charge < -0.3 is 0 Å². The van der Waals surface area contributed by atoms with Crippen LogP contribution < -0.4 is 41.5 Å². The highest BCUT2D eigenvalue weighted by molar-refractivity contribution is 7.22. The van der Waals surface area contributed by atoms with Crippen LogP contribution in [-0.4, -0.2) is 40.2 Å². The standard InChI is InChI=1S/C85H81N5Si2/c1-82(2,3)59-43-47-75-71(53-59)72-54-60(83(4,5)6)44-48-76(72)89(75)80-86-79(87-81(88-80)90-77-49-45-61(84(7,8)9)55-73(77)74-56-62(85(10,11)12)46-50-78(74)90)58-51-69(91(63-31-19-13-20-32-63,64-33-21-14-22-34-64)65-35-23-15-24-36-65)57-70(52-58)92(66-37-25-16-26-38-66,67-39-27-17-28-40-67)68-41-29-18-30-42-68/h13-57H,1-12H3. The lowest BCUT2D eigenvalue weighted by atomic mass is 9.85. The molecule has 0 N–H and O–H groups in total. The molecular weight excluding hydrogens is 1150 g/mol.